The molecule has 1 aromatic rings. The average Bonchev–Trinajstić information content (AvgIpc) is 2.36. The molecule has 4 heteroatoms. The summed E-state index contributed by atoms with van der Waals surface area (Å²) in [4.78, 5) is 11.0. The average molecular weight is 168 g/mol. The van der Waals surface area contributed by atoms with E-state index in [1.54, 1.807) is 23.9 Å². The first kappa shape index (κ1) is 8.77. The highest BCUT2D eigenvalue weighted by Gasteiger charge is 2.05. The summed E-state index contributed by atoms with van der Waals surface area (Å²) in [6, 6.07) is 1.80. The highest BCUT2D eigenvalue weighted by molar-refractivity contribution is 5.71. The fourth-order valence-corrected chi connectivity index (χ4v) is 0.917. The van der Waals surface area contributed by atoms with E-state index in [1.807, 2.05) is 7.05 Å². The van der Waals surface area contributed by atoms with Gasteiger partial charge in [0.2, 0.25) is 0 Å². The highest BCUT2D eigenvalue weighted by atomic mass is 16.5. The van der Waals surface area contributed by atoms with Crippen LogP contribution in [0.2, 0.25) is 0 Å². The van der Waals surface area contributed by atoms with E-state index in [4.69, 9.17) is 4.74 Å². The molecule has 0 aliphatic heterocycles. The molecule has 0 aliphatic rings. The minimum atomic E-state index is -0.226. The lowest BCUT2D eigenvalue weighted by Crippen LogP contribution is -2.08. The smallest absolute Gasteiger partial charge is 0.311 e. The van der Waals surface area contributed by atoms with E-state index in [9.17, 15) is 4.79 Å². The van der Waals surface area contributed by atoms with Gasteiger partial charge in [0.25, 0.3) is 0 Å². The Kier molecular flexibility index (Phi) is 2.85. The molecule has 0 spiro atoms. The summed E-state index contributed by atoms with van der Waals surface area (Å²) < 4.78 is 6.43. The fraction of sp³-hybridized carbons (Fsp3) is 0.500. The molecule has 0 aliphatic carbocycles. The minimum absolute atomic E-state index is 0.226. The molecule has 0 atom stereocenters. The summed E-state index contributed by atoms with van der Waals surface area (Å²) in [5, 5.41) is 4.05. The molecule has 1 heterocycles. The van der Waals surface area contributed by atoms with Crippen LogP contribution < -0.4 is 0 Å². The summed E-state index contributed by atoms with van der Waals surface area (Å²) >= 11 is 0. The lowest BCUT2D eigenvalue weighted by atomic mass is 10.3. The number of carbonyl (C=O) groups is 1. The van der Waals surface area contributed by atoms with Gasteiger partial charge in [-0.25, -0.2) is 0 Å². The third-order valence-electron chi connectivity index (χ3n) is 1.40. The predicted octanol–water partition coefficient (Wildman–Crippen LogP) is 0.526. The van der Waals surface area contributed by atoms with Gasteiger partial charge in [0.15, 0.2) is 0 Å². The second-order valence-electron chi connectivity index (χ2n) is 2.46. The molecule has 66 valence electrons. The maximum Gasteiger partial charge on any atom is 0.311 e. The van der Waals surface area contributed by atoms with Crippen LogP contribution in [0, 0.1) is 0 Å². The van der Waals surface area contributed by atoms with Gasteiger partial charge in [-0.3, -0.25) is 9.48 Å². The molecule has 4 nitrogen and oxygen atoms in total. The van der Waals surface area contributed by atoms with Crippen molar-refractivity contribution in [1.82, 2.24) is 9.78 Å². The Labute approximate surface area is 71.1 Å². The van der Waals surface area contributed by atoms with Crippen LogP contribution in [-0.2, 0) is 23.0 Å². The molecule has 0 amide bonds. The first-order valence-corrected chi connectivity index (χ1v) is 3.86. The number of ether oxygens (including phenoxy) is 1. The Balaban J connectivity index is 2.46. The standard InChI is InChI=1S/C8H12N2O2/c1-3-12-8(11)6-7-4-5-10(2)9-7/h4-5H,3,6H2,1-2H3. The van der Waals surface area contributed by atoms with Gasteiger partial charge in [-0.15, -0.1) is 0 Å². The number of rotatable bonds is 3. The van der Waals surface area contributed by atoms with E-state index in [1.165, 1.54) is 0 Å². The third-order valence-corrected chi connectivity index (χ3v) is 1.40. The van der Waals surface area contributed by atoms with Crippen molar-refractivity contribution in [3.63, 3.8) is 0 Å². The summed E-state index contributed by atoms with van der Waals surface area (Å²) in [5.74, 6) is -0.226. The topological polar surface area (TPSA) is 44.1 Å². The summed E-state index contributed by atoms with van der Waals surface area (Å²) in [7, 11) is 1.81. The molecule has 0 saturated heterocycles. The van der Waals surface area contributed by atoms with Crippen LogP contribution in [0.4, 0.5) is 0 Å². The zero-order valence-corrected chi connectivity index (χ0v) is 7.28. The Morgan fingerprint density at radius 2 is 2.50 bits per heavy atom. The fourth-order valence-electron chi connectivity index (χ4n) is 0.917. The molecular formula is C8H12N2O2. The highest BCUT2D eigenvalue weighted by Crippen LogP contribution is 1.96. The van der Waals surface area contributed by atoms with E-state index in [0.29, 0.717) is 6.61 Å². The van der Waals surface area contributed by atoms with Crippen molar-refractivity contribution in [2.24, 2.45) is 7.05 Å². The van der Waals surface area contributed by atoms with Gasteiger partial charge in [0.1, 0.15) is 0 Å². The molecule has 0 fully saturated rings. The zero-order valence-electron chi connectivity index (χ0n) is 7.28. The Bertz CT molecular complexity index is 268. The van der Waals surface area contributed by atoms with Gasteiger partial charge in [0.05, 0.1) is 18.7 Å². The monoisotopic (exact) mass is 168 g/mol. The number of esters is 1. The van der Waals surface area contributed by atoms with Crippen LogP contribution in [0.25, 0.3) is 0 Å². The summed E-state index contributed by atoms with van der Waals surface area (Å²) in [6.07, 6.45) is 2.06. The van der Waals surface area contributed by atoms with Crippen LogP contribution in [0.15, 0.2) is 12.3 Å². The van der Waals surface area contributed by atoms with Crippen molar-refractivity contribution >= 4 is 5.97 Å². The maximum absolute atomic E-state index is 11.0. The van der Waals surface area contributed by atoms with E-state index in [0.717, 1.165) is 5.69 Å². The van der Waals surface area contributed by atoms with E-state index >= 15 is 0 Å². The van der Waals surface area contributed by atoms with Crippen molar-refractivity contribution in [3.8, 4) is 0 Å². The normalized spacial score (nSPS) is 9.83. The van der Waals surface area contributed by atoms with Crippen molar-refractivity contribution < 1.29 is 9.53 Å². The molecular weight excluding hydrogens is 156 g/mol. The second kappa shape index (κ2) is 3.90. The van der Waals surface area contributed by atoms with E-state index in [2.05, 4.69) is 5.10 Å². The van der Waals surface area contributed by atoms with Crippen molar-refractivity contribution in [1.29, 1.82) is 0 Å². The number of hydrogen-bond acceptors (Lipinski definition) is 3. The molecule has 0 N–H and O–H groups in total. The lowest BCUT2D eigenvalue weighted by Gasteiger charge is -1.97. The van der Waals surface area contributed by atoms with Gasteiger partial charge >= 0.3 is 5.97 Å². The van der Waals surface area contributed by atoms with Crippen LogP contribution in [0.1, 0.15) is 12.6 Å². The summed E-state index contributed by atoms with van der Waals surface area (Å²) in [5.41, 5.74) is 0.746. The number of carbonyl (C=O) groups excluding carboxylic acids is 1. The second-order valence-corrected chi connectivity index (χ2v) is 2.46. The van der Waals surface area contributed by atoms with Crippen molar-refractivity contribution in [3.05, 3.63) is 18.0 Å². The molecule has 0 aromatic carbocycles. The van der Waals surface area contributed by atoms with Gasteiger partial charge in [0, 0.05) is 13.2 Å². The maximum atomic E-state index is 11.0. The SMILES string of the molecule is CCOC(=O)Cc1ccn(C)n1. The first-order chi connectivity index (χ1) is 5.72. The van der Waals surface area contributed by atoms with Gasteiger partial charge in [-0.2, -0.15) is 5.10 Å². The molecule has 0 radical (unpaired) electrons. The summed E-state index contributed by atoms with van der Waals surface area (Å²) in [6.45, 7) is 2.21. The van der Waals surface area contributed by atoms with Crippen LogP contribution in [0.5, 0.6) is 0 Å². The molecule has 1 rings (SSSR count). The van der Waals surface area contributed by atoms with Gasteiger partial charge in [-0.1, -0.05) is 0 Å². The van der Waals surface area contributed by atoms with Crippen molar-refractivity contribution in [2.45, 2.75) is 13.3 Å². The van der Waals surface area contributed by atoms with Crippen LogP contribution in [0.3, 0.4) is 0 Å². The molecule has 1 aromatic heterocycles. The van der Waals surface area contributed by atoms with E-state index < -0.39 is 0 Å². The van der Waals surface area contributed by atoms with Crippen LogP contribution in [-0.4, -0.2) is 22.4 Å². The van der Waals surface area contributed by atoms with Gasteiger partial charge in [-0.05, 0) is 13.0 Å². The van der Waals surface area contributed by atoms with Gasteiger partial charge < -0.3 is 4.74 Å². The molecule has 12 heavy (non-hydrogen) atoms. The minimum Gasteiger partial charge on any atom is -0.466 e. The first-order valence-electron chi connectivity index (χ1n) is 3.86. The van der Waals surface area contributed by atoms with Crippen molar-refractivity contribution in [2.75, 3.05) is 6.61 Å². The largest absolute Gasteiger partial charge is 0.466 e. The number of aromatic nitrogens is 2. The quantitative estimate of drug-likeness (QED) is 0.618. The Morgan fingerprint density at radius 1 is 1.75 bits per heavy atom. The predicted molar refractivity (Wildman–Crippen MR) is 43.5 cm³/mol. The van der Waals surface area contributed by atoms with E-state index in [-0.39, 0.29) is 12.4 Å². The number of nitrogens with zero attached hydrogens (tertiary/aromatic N) is 2. The number of aryl methyl sites for hydroxylation is 1. The third kappa shape index (κ3) is 2.38. The molecule has 0 unspecified atom stereocenters. The number of hydrogen-bond donors (Lipinski definition) is 0. The molecule has 0 bridgehead atoms. The Morgan fingerprint density at radius 3 is 3.00 bits per heavy atom. The molecule has 0 saturated carbocycles. The van der Waals surface area contributed by atoms with Crippen LogP contribution >= 0.6 is 0 Å². The lowest BCUT2D eigenvalue weighted by molar-refractivity contribution is -0.142. The Hall–Kier alpha value is -1.32. The zero-order chi connectivity index (χ0) is 8.97.